The molecule has 0 bridgehead atoms. The van der Waals surface area contributed by atoms with Crippen LogP contribution in [0.1, 0.15) is 175 Å². The molecular weight excluding hydrogens is 829 g/mol. The van der Waals surface area contributed by atoms with Gasteiger partial charge in [0.25, 0.3) is 0 Å². The summed E-state index contributed by atoms with van der Waals surface area (Å²) in [6.45, 7) is 6.19. The van der Waals surface area contributed by atoms with Gasteiger partial charge in [0, 0.05) is 19.3 Å². The molecule has 1 unspecified atom stereocenters. The van der Waals surface area contributed by atoms with E-state index in [9.17, 15) is 14.4 Å². The van der Waals surface area contributed by atoms with Crippen molar-refractivity contribution in [2.45, 2.75) is 181 Å². The second kappa shape index (κ2) is 53.4. The lowest BCUT2D eigenvalue weighted by Gasteiger charge is -2.18. The third-order valence-electron chi connectivity index (χ3n) is 9.89. The number of hydrogen-bond acceptors (Lipinski definition) is 6. The number of allylic oxidation sites excluding steroid dienone is 28. The summed E-state index contributed by atoms with van der Waals surface area (Å²) in [6.07, 6.45) is 79.2. The molecule has 0 heterocycles. The lowest BCUT2D eigenvalue weighted by atomic mass is 10.1. The highest BCUT2D eigenvalue weighted by atomic mass is 16.6. The van der Waals surface area contributed by atoms with Gasteiger partial charge in [-0.3, -0.25) is 14.4 Å². The Kier molecular flexibility index (Phi) is 49.2. The minimum Gasteiger partial charge on any atom is -0.462 e. The lowest BCUT2D eigenvalue weighted by molar-refractivity contribution is -0.166. The van der Waals surface area contributed by atoms with Crippen LogP contribution >= 0.6 is 0 Å². The van der Waals surface area contributed by atoms with Crippen LogP contribution in [-0.4, -0.2) is 37.2 Å². The molecule has 0 saturated carbocycles. The van der Waals surface area contributed by atoms with E-state index in [4.69, 9.17) is 14.2 Å². The molecule has 0 aromatic heterocycles. The van der Waals surface area contributed by atoms with Gasteiger partial charge >= 0.3 is 17.9 Å². The maximum atomic E-state index is 12.8. The smallest absolute Gasteiger partial charge is 0.306 e. The van der Waals surface area contributed by atoms with Crippen molar-refractivity contribution < 1.29 is 28.6 Å². The van der Waals surface area contributed by atoms with Crippen molar-refractivity contribution in [3.05, 3.63) is 170 Å². The fraction of sp³-hybridized carbons (Fsp3) is 0.492. The summed E-state index contributed by atoms with van der Waals surface area (Å²) in [5.41, 5.74) is 0. The molecule has 0 aliphatic carbocycles. The average Bonchev–Trinajstić information content (AvgIpc) is 3.33. The zero-order valence-corrected chi connectivity index (χ0v) is 42.1. The van der Waals surface area contributed by atoms with Crippen LogP contribution in [0.4, 0.5) is 0 Å². The van der Waals surface area contributed by atoms with Gasteiger partial charge in [0.1, 0.15) is 13.2 Å². The van der Waals surface area contributed by atoms with Crippen LogP contribution in [0.25, 0.3) is 0 Å². The van der Waals surface area contributed by atoms with E-state index in [2.05, 4.69) is 112 Å². The first-order chi connectivity index (χ1) is 33.0. The van der Waals surface area contributed by atoms with E-state index < -0.39 is 12.1 Å². The Morgan fingerprint density at radius 2 is 0.701 bits per heavy atom. The Balaban J connectivity index is 4.69. The van der Waals surface area contributed by atoms with Gasteiger partial charge in [-0.2, -0.15) is 0 Å². The van der Waals surface area contributed by atoms with Gasteiger partial charge in [-0.15, -0.1) is 0 Å². The van der Waals surface area contributed by atoms with E-state index in [1.165, 1.54) is 38.5 Å². The zero-order valence-electron chi connectivity index (χ0n) is 42.1. The van der Waals surface area contributed by atoms with E-state index in [0.717, 1.165) is 77.0 Å². The third-order valence-corrected chi connectivity index (χ3v) is 9.89. The Labute approximate surface area is 409 Å². The Morgan fingerprint density at radius 3 is 1.22 bits per heavy atom. The van der Waals surface area contributed by atoms with Crippen molar-refractivity contribution in [3.8, 4) is 0 Å². The second-order valence-electron chi connectivity index (χ2n) is 16.1. The minimum absolute atomic E-state index is 0.151. The molecular formula is C61H90O6. The highest BCUT2D eigenvalue weighted by Crippen LogP contribution is 2.10. The molecule has 0 aromatic rings. The summed E-state index contributed by atoms with van der Waals surface area (Å²) in [6, 6.07) is 0. The van der Waals surface area contributed by atoms with Crippen molar-refractivity contribution in [2.75, 3.05) is 13.2 Å². The molecule has 6 heteroatoms. The number of carbonyl (C=O) groups is 3. The van der Waals surface area contributed by atoms with E-state index in [1.807, 2.05) is 79.0 Å². The molecule has 0 rings (SSSR count). The normalized spacial score (nSPS) is 13.5. The topological polar surface area (TPSA) is 78.9 Å². The van der Waals surface area contributed by atoms with Crippen molar-refractivity contribution in [1.82, 2.24) is 0 Å². The third kappa shape index (κ3) is 51.6. The largest absolute Gasteiger partial charge is 0.462 e. The number of rotatable bonds is 43. The van der Waals surface area contributed by atoms with Gasteiger partial charge < -0.3 is 14.2 Å². The zero-order chi connectivity index (χ0) is 48.6. The van der Waals surface area contributed by atoms with Crippen LogP contribution in [0, 0.1) is 0 Å². The standard InChI is InChI=1S/C61H90O6/c1-4-7-10-13-16-19-22-25-27-29-30-32-33-36-39-42-45-48-51-54-60(63)66-57-58(56-65-59(62)53-50-47-44-41-38-35-24-21-18-15-12-9-6-3)67-61(64)55-52-49-46-43-40-37-34-31-28-26-23-20-17-14-11-8-5-2/h7-8,10-11,13,16-17,19-20,22,25-30,32-39,43-44,46-47,58H,4-6,9,12,14-15,18,21,23-24,31,40-42,45,48-57H2,1-3H3/b10-7+,11-8+,16-13+,20-17+,22-19+,27-25+,28-26+,30-29+,33-32+,37-34+,38-35+,39-36+,46-43+,47-44+. The van der Waals surface area contributed by atoms with Crippen molar-refractivity contribution >= 4 is 17.9 Å². The van der Waals surface area contributed by atoms with Crippen LogP contribution in [-0.2, 0) is 28.6 Å². The van der Waals surface area contributed by atoms with E-state index >= 15 is 0 Å². The summed E-state index contributed by atoms with van der Waals surface area (Å²) in [5.74, 6) is -1.14. The molecule has 0 spiro atoms. The first-order valence-electron chi connectivity index (χ1n) is 25.7. The number of hydrogen-bond donors (Lipinski definition) is 0. The van der Waals surface area contributed by atoms with E-state index in [-0.39, 0.29) is 44.4 Å². The van der Waals surface area contributed by atoms with Crippen LogP contribution in [0.2, 0.25) is 0 Å². The molecule has 0 radical (unpaired) electrons. The number of carbonyl (C=O) groups excluding carboxylic acids is 3. The molecule has 67 heavy (non-hydrogen) atoms. The SMILES string of the molecule is CC/C=C/C=C/C=C/C=C/C=C/C=C/C=C/CCCCCC(=O)OCC(COC(=O)CC/C=C/C/C=C/CCCCCCCC)OC(=O)CCC/C=C/C/C=C/C/C=C/C/C=C/C/C=C/CC. The lowest BCUT2D eigenvalue weighted by Crippen LogP contribution is -2.30. The predicted molar refractivity (Wildman–Crippen MR) is 288 cm³/mol. The summed E-state index contributed by atoms with van der Waals surface area (Å²) >= 11 is 0. The maximum absolute atomic E-state index is 12.8. The highest BCUT2D eigenvalue weighted by Gasteiger charge is 2.19. The quantitative estimate of drug-likeness (QED) is 0.0199. The van der Waals surface area contributed by atoms with Crippen LogP contribution in [0.3, 0.4) is 0 Å². The number of ether oxygens (including phenoxy) is 3. The van der Waals surface area contributed by atoms with Crippen molar-refractivity contribution in [1.29, 1.82) is 0 Å². The van der Waals surface area contributed by atoms with Crippen LogP contribution in [0.5, 0.6) is 0 Å². The molecule has 0 N–H and O–H groups in total. The van der Waals surface area contributed by atoms with Crippen LogP contribution in [0.15, 0.2) is 170 Å². The Morgan fingerprint density at radius 1 is 0.328 bits per heavy atom. The maximum Gasteiger partial charge on any atom is 0.306 e. The summed E-state index contributed by atoms with van der Waals surface area (Å²) < 4.78 is 16.6. The highest BCUT2D eigenvalue weighted by molar-refractivity contribution is 5.71. The van der Waals surface area contributed by atoms with E-state index in [1.54, 1.807) is 0 Å². The first kappa shape index (κ1) is 61.8. The fourth-order valence-electron chi connectivity index (χ4n) is 6.10. The molecule has 0 saturated heterocycles. The Hall–Kier alpha value is -5.23. The molecule has 370 valence electrons. The van der Waals surface area contributed by atoms with Gasteiger partial charge in [0.15, 0.2) is 6.10 Å². The van der Waals surface area contributed by atoms with Crippen molar-refractivity contribution in [3.63, 3.8) is 0 Å². The summed E-state index contributed by atoms with van der Waals surface area (Å²) in [5, 5.41) is 0. The average molecular weight is 919 g/mol. The Bertz CT molecular complexity index is 1620. The van der Waals surface area contributed by atoms with Gasteiger partial charge in [-0.05, 0) is 96.3 Å². The molecule has 0 aromatic carbocycles. The molecule has 0 aliphatic rings. The summed E-state index contributed by atoms with van der Waals surface area (Å²) in [4.78, 5) is 37.9. The van der Waals surface area contributed by atoms with Crippen molar-refractivity contribution in [2.24, 2.45) is 0 Å². The first-order valence-corrected chi connectivity index (χ1v) is 25.7. The molecule has 0 aliphatic heterocycles. The summed E-state index contributed by atoms with van der Waals surface area (Å²) in [7, 11) is 0. The molecule has 0 amide bonds. The fourth-order valence-corrected chi connectivity index (χ4v) is 6.10. The number of esters is 3. The predicted octanol–water partition coefficient (Wildman–Crippen LogP) is 17.2. The second-order valence-corrected chi connectivity index (χ2v) is 16.1. The number of unbranched alkanes of at least 4 members (excludes halogenated alkanes) is 10. The molecule has 6 nitrogen and oxygen atoms in total. The van der Waals surface area contributed by atoms with Crippen LogP contribution < -0.4 is 0 Å². The van der Waals surface area contributed by atoms with Gasteiger partial charge in [-0.25, -0.2) is 0 Å². The van der Waals surface area contributed by atoms with Gasteiger partial charge in [0.2, 0.25) is 0 Å². The van der Waals surface area contributed by atoms with Gasteiger partial charge in [-0.1, -0.05) is 229 Å². The monoisotopic (exact) mass is 919 g/mol. The molecule has 0 fully saturated rings. The van der Waals surface area contributed by atoms with Gasteiger partial charge in [0.05, 0.1) is 0 Å². The minimum atomic E-state index is -0.859. The molecule has 1 atom stereocenters. The van der Waals surface area contributed by atoms with E-state index in [0.29, 0.717) is 19.3 Å².